The van der Waals surface area contributed by atoms with Gasteiger partial charge in [0.2, 0.25) is 5.91 Å². The number of hydrogen-bond acceptors (Lipinski definition) is 4. The fraction of sp³-hybridized carbons (Fsp3) is 0.615. The third kappa shape index (κ3) is 2.92. The van der Waals surface area contributed by atoms with Crippen molar-refractivity contribution in [3.63, 3.8) is 0 Å². The number of nitrogens with one attached hydrogen (secondary N) is 1. The van der Waals surface area contributed by atoms with Crippen molar-refractivity contribution in [2.45, 2.75) is 45.2 Å². The average molecular weight is 279 g/mol. The van der Waals surface area contributed by atoms with E-state index in [1.165, 1.54) is 6.20 Å². The smallest absolute Gasteiger partial charge is 0.271 e. The second kappa shape index (κ2) is 5.94. The Morgan fingerprint density at radius 3 is 2.60 bits per heavy atom. The van der Waals surface area contributed by atoms with Gasteiger partial charge < -0.3 is 16.8 Å². The van der Waals surface area contributed by atoms with Crippen molar-refractivity contribution >= 4 is 17.5 Å². The number of carbonyl (C=O) groups excluding carboxylic acids is 2. The summed E-state index contributed by atoms with van der Waals surface area (Å²) in [6.45, 7) is 2.50. The predicted molar refractivity (Wildman–Crippen MR) is 74.7 cm³/mol. The Morgan fingerprint density at radius 1 is 1.40 bits per heavy atom. The van der Waals surface area contributed by atoms with Gasteiger partial charge in [0, 0.05) is 18.5 Å². The molecule has 0 bridgehead atoms. The molecular weight excluding hydrogens is 258 g/mol. The summed E-state index contributed by atoms with van der Waals surface area (Å²) in [6, 6.07) is 0.0673. The highest BCUT2D eigenvalue weighted by molar-refractivity contribution is 5.97. The van der Waals surface area contributed by atoms with Crippen LogP contribution in [0.1, 0.15) is 43.1 Å². The molecule has 1 fully saturated rings. The minimum Gasteiger partial charge on any atom is -0.396 e. The third-order valence-electron chi connectivity index (χ3n) is 3.85. The zero-order valence-corrected chi connectivity index (χ0v) is 11.6. The fourth-order valence-corrected chi connectivity index (χ4v) is 2.66. The molecule has 1 aliphatic rings. The number of primary amides is 1. The van der Waals surface area contributed by atoms with Gasteiger partial charge in [0.05, 0.1) is 11.9 Å². The molecule has 1 heterocycles. The maximum atomic E-state index is 12.2. The first-order chi connectivity index (χ1) is 9.52. The van der Waals surface area contributed by atoms with Crippen LogP contribution in [0.2, 0.25) is 0 Å². The zero-order chi connectivity index (χ0) is 14.7. The molecule has 1 aliphatic carbocycles. The first-order valence-electron chi connectivity index (χ1n) is 6.94. The monoisotopic (exact) mass is 279 g/mol. The standard InChI is InChI=1S/C13H21N5O2/c1-2-18-11(10(14)7-16-18)13(20)17-9-5-3-8(4-6-9)12(15)19/h7-9H,2-6,14H2,1H3,(H2,15,19)(H,17,20). The number of hydrogen-bond donors (Lipinski definition) is 3. The number of nitrogen functional groups attached to an aromatic ring is 1. The van der Waals surface area contributed by atoms with Crippen LogP contribution < -0.4 is 16.8 Å². The second-order valence-corrected chi connectivity index (χ2v) is 5.19. The van der Waals surface area contributed by atoms with Crippen LogP contribution >= 0.6 is 0 Å². The number of rotatable bonds is 4. The van der Waals surface area contributed by atoms with Crippen molar-refractivity contribution in [3.8, 4) is 0 Å². The van der Waals surface area contributed by atoms with Gasteiger partial charge >= 0.3 is 0 Å². The van der Waals surface area contributed by atoms with Crippen molar-refractivity contribution in [1.29, 1.82) is 0 Å². The molecule has 0 atom stereocenters. The van der Waals surface area contributed by atoms with Crippen LogP contribution in [-0.2, 0) is 11.3 Å². The highest BCUT2D eigenvalue weighted by Gasteiger charge is 2.27. The fourth-order valence-electron chi connectivity index (χ4n) is 2.66. The van der Waals surface area contributed by atoms with E-state index in [-0.39, 0.29) is 23.8 Å². The minimum absolute atomic E-state index is 0.0607. The molecule has 5 N–H and O–H groups in total. The summed E-state index contributed by atoms with van der Waals surface area (Å²) in [4.78, 5) is 23.4. The van der Waals surface area contributed by atoms with Crippen LogP contribution in [0.3, 0.4) is 0 Å². The lowest BCUT2D eigenvalue weighted by molar-refractivity contribution is -0.122. The molecule has 7 nitrogen and oxygen atoms in total. The second-order valence-electron chi connectivity index (χ2n) is 5.19. The van der Waals surface area contributed by atoms with E-state index in [2.05, 4.69) is 10.4 Å². The molecule has 2 rings (SSSR count). The molecular formula is C13H21N5O2. The van der Waals surface area contributed by atoms with Crippen molar-refractivity contribution in [1.82, 2.24) is 15.1 Å². The summed E-state index contributed by atoms with van der Waals surface area (Å²) in [6.07, 6.45) is 4.47. The SMILES string of the molecule is CCn1ncc(N)c1C(=O)NC1CCC(C(N)=O)CC1. The maximum absolute atomic E-state index is 12.2. The topological polar surface area (TPSA) is 116 Å². The lowest BCUT2D eigenvalue weighted by atomic mass is 9.85. The maximum Gasteiger partial charge on any atom is 0.271 e. The van der Waals surface area contributed by atoms with E-state index in [0.29, 0.717) is 17.9 Å². The lowest BCUT2D eigenvalue weighted by Gasteiger charge is -2.27. The van der Waals surface area contributed by atoms with Gasteiger partial charge in [0.1, 0.15) is 5.69 Å². The molecule has 2 amide bonds. The molecule has 20 heavy (non-hydrogen) atoms. The van der Waals surface area contributed by atoms with Crippen LogP contribution in [0.15, 0.2) is 6.20 Å². The number of carbonyl (C=O) groups is 2. The molecule has 0 aromatic carbocycles. The molecule has 110 valence electrons. The van der Waals surface area contributed by atoms with Crippen LogP contribution in [-0.4, -0.2) is 27.6 Å². The van der Waals surface area contributed by atoms with Crippen molar-refractivity contribution in [2.75, 3.05) is 5.73 Å². The molecule has 1 saturated carbocycles. The van der Waals surface area contributed by atoms with Gasteiger partial charge in [-0.15, -0.1) is 0 Å². The molecule has 0 aliphatic heterocycles. The van der Waals surface area contributed by atoms with Crippen molar-refractivity contribution < 1.29 is 9.59 Å². The summed E-state index contributed by atoms with van der Waals surface area (Å²) in [5.41, 5.74) is 11.9. The van der Waals surface area contributed by atoms with E-state index in [4.69, 9.17) is 11.5 Å². The van der Waals surface area contributed by atoms with Gasteiger partial charge in [0.15, 0.2) is 0 Å². The van der Waals surface area contributed by atoms with E-state index >= 15 is 0 Å². The molecule has 0 unspecified atom stereocenters. The average Bonchev–Trinajstić information content (AvgIpc) is 2.80. The van der Waals surface area contributed by atoms with E-state index < -0.39 is 0 Å². The summed E-state index contributed by atoms with van der Waals surface area (Å²) in [5, 5.41) is 7.02. The lowest BCUT2D eigenvalue weighted by Crippen LogP contribution is -2.40. The number of aryl methyl sites for hydroxylation is 1. The number of amides is 2. The number of anilines is 1. The Balaban J connectivity index is 1.96. The highest BCUT2D eigenvalue weighted by atomic mass is 16.2. The number of aromatic nitrogens is 2. The normalized spacial score (nSPS) is 22.4. The summed E-state index contributed by atoms with van der Waals surface area (Å²) < 4.78 is 1.58. The number of nitrogens with two attached hydrogens (primary N) is 2. The van der Waals surface area contributed by atoms with E-state index in [1.807, 2.05) is 6.92 Å². The zero-order valence-electron chi connectivity index (χ0n) is 11.6. The van der Waals surface area contributed by atoms with Gasteiger partial charge in [-0.25, -0.2) is 0 Å². The van der Waals surface area contributed by atoms with E-state index in [1.54, 1.807) is 4.68 Å². The van der Waals surface area contributed by atoms with E-state index in [0.717, 1.165) is 25.7 Å². The molecule has 1 aromatic heterocycles. The largest absolute Gasteiger partial charge is 0.396 e. The summed E-state index contributed by atoms with van der Waals surface area (Å²) in [5.74, 6) is -0.512. The minimum atomic E-state index is -0.247. The van der Waals surface area contributed by atoms with Gasteiger partial charge in [-0.05, 0) is 32.6 Å². The van der Waals surface area contributed by atoms with E-state index in [9.17, 15) is 9.59 Å². The summed E-state index contributed by atoms with van der Waals surface area (Å²) >= 11 is 0. The Hall–Kier alpha value is -2.05. The van der Waals surface area contributed by atoms with Gasteiger partial charge in [-0.2, -0.15) is 5.10 Å². The van der Waals surface area contributed by atoms with Gasteiger partial charge in [0.25, 0.3) is 5.91 Å². The third-order valence-corrected chi connectivity index (χ3v) is 3.85. The quantitative estimate of drug-likeness (QED) is 0.733. The van der Waals surface area contributed by atoms with Crippen LogP contribution in [0, 0.1) is 5.92 Å². The molecule has 1 aromatic rings. The predicted octanol–water partition coefficient (Wildman–Crippen LogP) is 0.259. The first kappa shape index (κ1) is 14.4. The van der Waals surface area contributed by atoms with Crippen LogP contribution in [0.5, 0.6) is 0 Å². The molecule has 7 heteroatoms. The van der Waals surface area contributed by atoms with Crippen molar-refractivity contribution in [3.05, 3.63) is 11.9 Å². The highest BCUT2D eigenvalue weighted by Crippen LogP contribution is 2.24. The Kier molecular flexibility index (Phi) is 4.26. The molecule has 0 spiro atoms. The Morgan fingerprint density at radius 2 is 2.05 bits per heavy atom. The summed E-state index contributed by atoms with van der Waals surface area (Å²) in [7, 11) is 0. The Bertz CT molecular complexity index is 503. The Labute approximate surface area is 117 Å². The van der Waals surface area contributed by atoms with Crippen molar-refractivity contribution in [2.24, 2.45) is 11.7 Å². The first-order valence-corrected chi connectivity index (χ1v) is 6.94. The van der Waals surface area contributed by atoms with Crippen LogP contribution in [0.4, 0.5) is 5.69 Å². The number of nitrogens with zero attached hydrogens (tertiary/aromatic N) is 2. The van der Waals surface area contributed by atoms with Gasteiger partial charge in [-0.1, -0.05) is 0 Å². The van der Waals surface area contributed by atoms with Gasteiger partial charge in [-0.3, -0.25) is 14.3 Å². The molecule has 0 saturated heterocycles. The molecule has 0 radical (unpaired) electrons. The van der Waals surface area contributed by atoms with Crippen LogP contribution in [0.25, 0.3) is 0 Å².